The van der Waals surface area contributed by atoms with Crippen LogP contribution in [0, 0.1) is 28.6 Å². The number of nitrogens with one attached hydrogen (secondary N) is 1. The lowest BCUT2D eigenvalue weighted by Gasteiger charge is -2.49. The van der Waals surface area contributed by atoms with Crippen LogP contribution >= 0.6 is 0 Å². The summed E-state index contributed by atoms with van der Waals surface area (Å²) in [6, 6.07) is 6.03. The summed E-state index contributed by atoms with van der Waals surface area (Å²) in [6.07, 6.45) is 6.56. The van der Waals surface area contributed by atoms with Crippen molar-refractivity contribution in [3.63, 3.8) is 0 Å². The van der Waals surface area contributed by atoms with Crippen LogP contribution in [0.2, 0.25) is 0 Å². The van der Waals surface area contributed by atoms with Crippen LogP contribution in [-0.2, 0) is 4.79 Å². The van der Waals surface area contributed by atoms with Crippen molar-refractivity contribution in [1.29, 1.82) is 0 Å². The van der Waals surface area contributed by atoms with E-state index in [0.717, 1.165) is 61.9 Å². The van der Waals surface area contributed by atoms with Gasteiger partial charge in [-0.05, 0) is 86.3 Å². The Morgan fingerprint density at radius 3 is 2.67 bits per heavy atom. The van der Waals surface area contributed by atoms with Crippen LogP contribution in [0.3, 0.4) is 0 Å². The molecule has 1 amide bonds. The zero-order valence-corrected chi connectivity index (χ0v) is 15.6. The summed E-state index contributed by atoms with van der Waals surface area (Å²) >= 11 is 0. The number of nitroso groups, excluding NO2 is 1. The van der Waals surface area contributed by atoms with Gasteiger partial charge in [-0.15, -0.1) is 0 Å². The van der Waals surface area contributed by atoms with Gasteiger partial charge in [0.2, 0.25) is 5.91 Å². The van der Waals surface area contributed by atoms with Gasteiger partial charge in [0.15, 0.2) is 0 Å². The van der Waals surface area contributed by atoms with Crippen molar-refractivity contribution < 1.29 is 4.79 Å². The van der Waals surface area contributed by atoms with Crippen LogP contribution in [0.15, 0.2) is 23.4 Å². The second-order valence-electron chi connectivity index (χ2n) is 9.39. The van der Waals surface area contributed by atoms with Gasteiger partial charge >= 0.3 is 0 Å². The SMILES string of the molecule is Nc1cc(NC(=O)C2CC2)ccc1C1C2CC3CC(N=O)(CCC1C3N)C2. The van der Waals surface area contributed by atoms with Gasteiger partial charge in [-0.1, -0.05) is 11.2 Å². The molecular weight excluding hydrogens is 340 g/mol. The lowest BCUT2D eigenvalue weighted by molar-refractivity contribution is -0.117. The Morgan fingerprint density at radius 2 is 1.96 bits per heavy atom. The Hall–Kier alpha value is -1.95. The minimum atomic E-state index is -0.415. The fourth-order valence-electron chi connectivity index (χ4n) is 6.28. The minimum Gasteiger partial charge on any atom is -0.398 e. The highest BCUT2D eigenvalue weighted by molar-refractivity contribution is 5.94. The average Bonchev–Trinajstić information content (AvgIpc) is 3.50. The minimum absolute atomic E-state index is 0.0922. The van der Waals surface area contributed by atoms with Gasteiger partial charge in [-0.2, -0.15) is 4.91 Å². The molecule has 5 fully saturated rings. The number of carbonyl (C=O) groups is 1. The maximum atomic E-state index is 12.0. The lowest BCUT2D eigenvalue weighted by atomic mass is 9.57. The van der Waals surface area contributed by atoms with Crippen LogP contribution in [0.5, 0.6) is 0 Å². The molecule has 0 heterocycles. The highest BCUT2D eigenvalue weighted by atomic mass is 16.3. The summed E-state index contributed by atoms with van der Waals surface area (Å²) in [7, 11) is 0. The fourth-order valence-corrected chi connectivity index (χ4v) is 6.28. The van der Waals surface area contributed by atoms with E-state index in [0.29, 0.717) is 17.8 Å². The number of amides is 1. The number of hydrogen-bond donors (Lipinski definition) is 3. The first-order valence-electron chi connectivity index (χ1n) is 10.3. The Balaban J connectivity index is 1.45. The zero-order chi connectivity index (χ0) is 18.8. The third-order valence-electron chi connectivity index (χ3n) is 7.70. The van der Waals surface area contributed by atoms with Crippen molar-refractivity contribution in [1.82, 2.24) is 0 Å². The topological polar surface area (TPSA) is 111 Å². The van der Waals surface area contributed by atoms with Crippen LogP contribution < -0.4 is 16.8 Å². The Labute approximate surface area is 159 Å². The number of nitrogens with two attached hydrogens (primary N) is 2. The third kappa shape index (κ3) is 2.76. The molecule has 6 nitrogen and oxygen atoms in total. The van der Waals surface area contributed by atoms with Crippen LogP contribution in [0.1, 0.15) is 56.4 Å². The van der Waals surface area contributed by atoms with E-state index in [9.17, 15) is 9.70 Å². The second kappa shape index (κ2) is 6.03. The van der Waals surface area contributed by atoms with Crippen molar-refractivity contribution in [2.45, 2.75) is 62.4 Å². The molecule has 5 aliphatic rings. The molecule has 0 spiro atoms. The average molecular weight is 368 g/mol. The van der Waals surface area contributed by atoms with Gasteiger partial charge in [0.25, 0.3) is 0 Å². The van der Waals surface area contributed by atoms with E-state index in [1.165, 1.54) is 0 Å². The predicted molar refractivity (Wildman–Crippen MR) is 105 cm³/mol. The van der Waals surface area contributed by atoms with E-state index in [4.69, 9.17) is 11.5 Å². The molecule has 0 aliphatic heterocycles. The third-order valence-corrected chi connectivity index (χ3v) is 7.70. The number of nitrogen functional groups attached to an aromatic ring is 1. The number of carbonyl (C=O) groups excluding carboxylic acids is 1. The Morgan fingerprint density at radius 1 is 1.19 bits per heavy atom. The molecule has 1 aromatic carbocycles. The molecular formula is C21H28N4O2. The smallest absolute Gasteiger partial charge is 0.227 e. The standard InChI is InChI=1S/C21H28N4O2/c22-17-8-14(24-20(26)11-1-2-11)3-4-15(17)18-12-7-13-10-21(9-12,25-27)6-5-16(18)19(13)23/h3-4,8,11-13,16,18-19H,1-2,5-7,9-10,22-23H2,(H,24,26). The number of fused-ring (bicyclic) bond motifs is 1. The van der Waals surface area contributed by atoms with E-state index >= 15 is 0 Å². The van der Waals surface area contributed by atoms with Gasteiger partial charge < -0.3 is 16.8 Å². The molecule has 4 bridgehead atoms. The van der Waals surface area contributed by atoms with E-state index in [2.05, 4.69) is 16.6 Å². The summed E-state index contributed by atoms with van der Waals surface area (Å²) in [5.41, 5.74) is 15.3. The van der Waals surface area contributed by atoms with Crippen molar-refractivity contribution in [3.8, 4) is 0 Å². The molecule has 1 aromatic rings. The fraction of sp³-hybridized carbons (Fsp3) is 0.667. The number of rotatable bonds is 4. The van der Waals surface area contributed by atoms with Crippen molar-refractivity contribution in [2.24, 2.45) is 34.6 Å². The van der Waals surface area contributed by atoms with Gasteiger partial charge in [-0.25, -0.2) is 0 Å². The second-order valence-corrected chi connectivity index (χ2v) is 9.39. The number of benzene rings is 1. The van der Waals surface area contributed by atoms with Gasteiger partial charge in [0.05, 0.1) is 0 Å². The summed E-state index contributed by atoms with van der Waals surface area (Å²) in [5.74, 6) is 1.73. The zero-order valence-electron chi connectivity index (χ0n) is 15.6. The maximum absolute atomic E-state index is 12.0. The van der Waals surface area contributed by atoms with E-state index in [1.807, 2.05) is 12.1 Å². The molecule has 144 valence electrons. The van der Waals surface area contributed by atoms with Crippen LogP contribution in [-0.4, -0.2) is 17.5 Å². The first-order chi connectivity index (χ1) is 13.0. The molecule has 0 saturated heterocycles. The predicted octanol–water partition coefficient (Wildman–Crippen LogP) is 3.37. The van der Waals surface area contributed by atoms with Crippen LogP contribution in [0.25, 0.3) is 0 Å². The molecule has 5 N–H and O–H groups in total. The molecule has 6 rings (SSSR count). The van der Waals surface area contributed by atoms with E-state index in [-0.39, 0.29) is 23.8 Å². The number of hydrogen-bond acceptors (Lipinski definition) is 5. The van der Waals surface area contributed by atoms with E-state index in [1.54, 1.807) is 0 Å². The van der Waals surface area contributed by atoms with Gasteiger partial charge in [0, 0.05) is 23.3 Å². The monoisotopic (exact) mass is 368 g/mol. The molecule has 6 atom stereocenters. The number of nitrogens with zero attached hydrogens (tertiary/aromatic N) is 1. The number of anilines is 2. The van der Waals surface area contributed by atoms with Crippen molar-refractivity contribution >= 4 is 17.3 Å². The summed E-state index contributed by atoms with van der Waals surface area (Å²) in [5, 5.41) is 6.58. The summed E-state index contributed by atoms with van der Waals surface area (Å²) in [4.78, 5) is 23.7. The quantitative estimate of drug-likeness (QED) is 0.559. The Bertz CT molecular complexity index is 792. The molecule has 5 saturated carbocycles. The maximum Gasteiger partial charge on any atom is 0.227 e. The highest BCUT2D eigenvalue weighted by Crippen LogP contribution is 2.60. The van der Waals surface area contributed by atoms with Crippen molar-refractivity contribution in [3.05, 3.63) is 28.7 Å². The molecule has 0 aromatic heterocycles. The van der Waals surface area contributed by atoms with Gasteiger partial charge in [0.1, 0.15) is 5.54 Å². The molecule has 6 unspecified atom stereocenters. The van der Waals surface area contributed by atoms with Crippen molar-refractivity contribution in [2.75, 3.05) is 11.1 Å². The van der Waals surface area contributed by atoms with Gasteiger partial charge in [-0.3, -0.25) is 4.79 Å². The lowest BCUT2D eigenvalue weighted by Crippen LogP contribution is -2.51. The molecule has 0 radical (unpaired) electrons. The van der Waals surface area contributed by atoms with E-state index < -0.39 is 5.54 Å². The first-order valence-corrected chi connectivity index (χ1v) is 10.3. The molecule has 6 heteroatoms. The highest BCUT2D eigenvalue weighted by Gasteiger charge is 2.56. The van der Waals surface area contributed by atoms with Crippen LogP contribution in [0.4, 0.5) is 11.4 Å². The first kappa shape index (κ1) is 17.2. The molecule has 27 heavy (non-hydrogen) atoms. The summed E-state index contributed by atoms with van der Waals surface area (Å²) < 4.78 is 0. The Kier molecular flexibility index (Phi) is 3.83. The summed E-state index contributed by atoms with van der Waals surface area (Å²) in [6.45, 7) is 0. The normalized spacial score (nSPS) is 39.8. The largest absolute Gasteiger partial charge is 0.398 e. The molecule has 5 aliphatic carbocycles.